The average Bonchev–Trinajstić information content (AvgIpc) is 2.60. The summed E-state index contributed by atoms with van der Waals surface area (Å²) in [7, 11) is 3.10. The Morgan fingerprint density at radius 3 is 2.43 bits per heavy atom. The SMILES string of the molecule is CCOc1ccccc1CNC(=O)c1ccc(OC)c(OC)c1. The number of ether oxygens (including phenoxy) is 3. The molecule has 0 saturated heterocycles. The Bertz CT molecular complexity index is 670. The molecule has 0 aliphatic carbocycles. The van der Waals surface area contributed by atoms with Crippen molar-refractivity contribution in [1.29, 1.82) is 0 Å². The van der Waals surface area contributed by atoms with Gasteiger partial charge < -0.3 is 19.5 Å². The minimum Gasteiger partial charge on any atom is -0.494 e. The summed E-state index contributed by atoms with van der Waals surface area (Å²) in [4.78, 5) is 12.3. The van der Waals surface area contributed by atoms with Crippen molar-refractivity contribution in [3.8, 4) is 17.2 Å². The largest absolute Gasteiger partial charge is 0.494 e. The Balaban J connectivity index is 2.08. The summed E-state index contributed by atoms with van der Waals surface area (Å²) in [6.07, 6.45) is 0. The van der Waals surface area contributed by atoms with Gasteiger partial charge in [-0.3, -0.25) is 4.79 Å². The Hall–Kier alpha value is -2.69. The summed E-state index contributed by atoms with van der Waals surface area (Å²) in [5.74, 6) is 1.71. The van der Waals surface area contributed by atoms with Gasteiger partial charge in [0.2, 0.25) is 0 Å². The second kappa shape index (κ2) is 8.08. The first-order valence-electron chi connectivity index (χ1n) is 7.40. The number of methoxy groups -OCH3 is 2. The number of nitrogens with one attached hydrogen (secondary N) is 1. The number of para-hydroxylation sites is 1. The van der Waals surface area contributed by atoms with Crippen molar-refractivity contribution in [3.63, 3.8) is 0 Å². The fourth-order valence-corrected chi connectivity index (χ4v) is 2.20. The van der Waals surface area contributed by atoms with Gasteiger partial charge in [0.1, 0.15) is 5.75 Å². The van der Waals surface area contributed by atoms with Gasteiger partial charge in [-0.05, 0) is 31.2 Å². The van der Waals surface area contributed by atoms with Crippen LogP contribution in [0.3, 0.4) is 0 Å². The smallest absolute Gasteiger partial charge is 0.251 e. The first-order valence-corrected chi connectivity index (χ1v) is 7.40. The quantitative estimate of drug-likeness (QED) is 0.853. The van der Waals surface area contributed by atoms with Gasteiger partial charge in [0.25, 0.3) is 5.91 Å². The molecule has 0 bridgehead atoms. The lowest BCUT2D eigenvalue weighted by Gasteiger charge is -2.12. The molecule has 0 fully saturated rings. The third-order valence-electron chi connectivity index (χ3n) is 3.36. The number of hydrogen-bond donors (Lipinski definition) is 1. The lowest BCUT2D eigenvalue weighted by Crippen LogP contribution is -2.23. The van der Waals surface area contributed by atoms with Gasteiger partial charge in [0.15, 0.2) is 11.5 Å². The van der Waals surface area contributed by atoms with E-state index in [9.17, 15) is 4.79 Å². The Labute approximate surface area is 136 Å². The number of amides is 1. The molecule has 2 aromatic carbocycles. The molecule has 0 atom stereocenters. The standard InChI is InChI=1S/C18H21NO4/c1-4-23-15-8-6-5-7-14(15)12-19-18(20)13-9-10-16(21-2)17(11-13)22-3/h5-11H,4,12H2,1-3H3,(H,19,20). The van der Waals surface area contributed by atoms with Gasteiger partial charge in [-0.2, -0.15) is 0 Å². The van der Waals surface area contributed by atoms with Crippen LogP contribution < -0.4 is 19.5 Å². The molecule has 23 heavy (non-hydrogen) atoms. The van der Waals surface area contributed by atoms with Crippen molar-refractivity contribution >= 4 is 5.91 Å². The minimum absolute atomic E-state index is 0.183. The predicted molar refractivity (Wildman–Crippen MR) is 88.3 cm³/mol. The second-order valence-corrected chi connectivity index (χ2v) is 4.79. The first kappa shape index (κ1) is 16.7. The van der Waals surface area contributed by atoms with E-state index in [4.69, 9.17) is 14.2 Å². The second-order valence-electron chi connectivity index (χ2n) is 4.79. The third-order valence-corrected chi connectivity index (χ3v) is 3.36. The number of hydrogen-bond acceptors (Lipinski definition) is 4. The van der Waals surface area contributed by atoms with E-state index in [2.05, 4.69) is 5.32 Å². The van der Waals surface area contributed by atoms with Crippen molar-refractivity contribution in [3.05, 3.63) is 53.6 Å². The molecule has 1 N–H and O–H groups in total. The van der Waals surface area contributed by atoms with Crippen LogP contribution in [0, 0.1) is 0 Å². The summed E-state index contributed by atoms with van der Waals surface area (Å²) < 4.78 is 15.9. The van der Waals surface area contributed by atoms with Gasteiger partial charge in [-0.25, -0.2) is 0 Å². The monoisotopic (exact) mass is 315 g/mol. The summed E-state index contributed by atoms with van der Waals surface area (Å²) in [6.45, 7) is 2.91. The lowest BCUT2D eigenvalue weighted by atomic mass is 10.1. The topological polar surface area (TPSA) is 56.8 Å². The van der Waals surface area contributed by atoms with Gasteiger partial charge in [-0.15, -0.1) is 0 Å². The molecule has 0 spiro atoms. The molecule has 2 aromatic rings. The minimum atomic E-state index is -0.183. The summed E-state index contributed by atoms with van der Waals surface area (Å²) >= 11 is 0. The molecule has 0 aromatic heterocycles. The zero-order valence-electron chi connectivity index (χ0n) is 13.6. The first-order chi connectivity index (χ1) is 11.2. The van der Waals surface area contributed by atoms with E-state index in [0.29, 0.717) is 30.2 Å². The zero-order chi connectivity index (χ0) is 16.7. The van der Waals surface area contributed by atoms with E-state index < -0.39 is 0 Å². The van der Waals surface area contributed by atoms with Crippen LogP contribution in [0.15, 0.2) is 42.5 Å². The number of benzene rings is 2. The average molecular weight is 315 g/mol. The van der Waals surface area contributed by atoms with Crippen molar-refractivity contribution < 1.29 is 19.0 Å². The van der Waals surface area contributed by atoms with Crippen molar-refractivity contribution in [1.82, 2.24) is 5.32 Å². The van der Waals surface area contributed by atoms with E-state index in [1.807, 2.05) is 31.2 Å². The third kappa shape index (κ3) is 4.16. The van der Waals surface area contributed by atoms with Crippen LogP contribution in [-0.2, 0) is 6.54 Å². The van der Waals surface area contributed by atoms with Gasteiger partial charge in [-0.1, -0.05) is 18.2 Å². The van der Waals surface area contributed by atoms with Gasteiger partial charge in [0.05, 0.1) is 20.8 Å². The van der Waals surface area contributed by atoms with E-state index in [-0.39, 0.29) is 5.91 Å². The summed E-state index contributed by atoms with van der Waals surface area (Å²) in [6, 6.07) is 12.7. The molecular formula is C18H21NO4. The van der Waals surface area contributed by atoms with E-state index in [1.165, 1.54) is 7.11 Å². The highest BCUT2D eigenvalue weighted by atomic mass is 16.5. The van der Waals surface area contributed by atoms with Crippen molar-refractivity contribution in [2.45, 2.75) is 13.5 Å². The van der Waals surface area contributed by atoms with Crippen molar-refractivity contribution in [2.24, 2.45) is 0 Å². The Morgan fingerprint density at radius 2 is 1.74 bits per heavy atom. The molecule has 2 rings (SSSR count). The zero-order valence-corrected chi connectivity index (χ0v) is 13.6. The molecule has 0 saturated carbocycles. The summed E-state index contributed by atoms with van der Waals surface area (Å²) in [5.41, 5.74) is 1.44. The Kier molecular flexibility index (Phi) is 5.86. The maximum absolute atomic E-state index is 12.3. The number of carbonyl (C=O) groups is 1. The maximum Gasteiger partial charge on any atom is 0.251 e. The number of rotatable bonds is 7. The van der Waals surface area contributed by atoms with Crippen LogP contribution >= 0.6 is 0 Å². The molecule has 0 radical (unpaired) electrons. The van der Waals surface area contributed by atoms with Crippen LogP contribution in [0.25, 0.3) is 0 Å². The van der Waals surface area contributed by atoms with Gasteiger partial charge in [0, 0.05) is 17.7 Å². The molecule has 5 heteroatoms. The molecule has 122 valence electrons. The van der Waals surface area contributed by atoms with Crippen LogP contribution in [-0.4, -0.2) is 26.7 Å². The molecule has 1 amide bonds. The molecule has 0 unspecified atom stereocenters. The molecule has 0 aliphatic heterocycles. The van der Waals surface area contributed by atoms with E-state index >= 15 is 0 Å². The maximum atomic E-state index is 12.3. The molecular weight excluding hydrogens is 294 g/mol. The summed E-state index contributed by atoms with van der Waals surface area (Å²) in [5, 5.41) is 2.89. The van der Waals surface area contributed by atoms with E-state index in [1.54, 1.807) is 25.3 Å². The Morgan fingerprint density at radius 1 is 1.00 bits per heavy atom. The fraction of sp³-hybridized carbons (Fsp3) is 0.278. The van der Waals surface area contributed by atoms with Gasteiger partial charge >= 0.3 is 0 Å². The van der Waals surface area contributed by atoms with Crippen LogP contribution in [0.5, 0.6) is 17.2 Å². The molecule has 5 nitrogen and oxygen atoms in total. The van der Waals surface area contributed by atoms with Crippen molar-refractivity contribution in [2.75, 3.05) is 20.8 Å². The highest BCUT2D eigenvalue weighted by Crippen LogP contribution is 2.27. The van der Waals surface area contributed by atoms with Crippen LogP contribution in [0.2, 0.25) is 0 Å². The van der Waals surface area contributed by atoms with Crippen LogP contribution in [0.4, 0.5) is 0 Å². The molecule has 0 heterocycles. The predicted octanol–water partition coefficient (Wildman–Crippen LogP) is 3.03. The number of carbonyl (C=O) groups excluding carboxylic acids is 1. The fourth-order valence-electron chi connectivity index (χ4n) is 2.20. The van der Waals surface area contributed by atoms with Crippen LogP contribution in [0.1, 0.15) is 22.8 Å². The highest BCUT2D eigenvalue weighted by molar-refractivity contribution is 5.94. The lowest BCUT2D eigenvalue weighted by molar-refractivity contribution is 0.0950. The molecule has 0 aliphatic rings. The normalized spacial score (nSPS) is 10.0. The highest BCUT2D eigenvalue weighted by Gasteiger charge is 2.11. The van der Waals surface area contributed by atoms with E-state index in [0.717, 1.165) is 11.3 Å².